The van der Waals surface area contributed by atoms with Crippen LogP contribution in [0.1, 0.15) is 5.56 Å². The molecule has 19 heavy (non-hydrogen) atoms. The van der Waals surface area contributed by atoms with Gasteiger partial charge in [-0.05, 0) is 0 Å². The Bertz CT molecular complexity index is 687. The standard InChI is InChI=1S/C15H12N3Se/c1-11-7-9-12(10-8-11)14-16-15(19)18(17-14)13-5-3-2-4-6-13/h2-10H,1H3. The molecule has 93 valence electrons. The second-order valence-electron chi connectivity index (χ2n) is 4.33. The van der Waals surface area contributed by atoms with Crippen LogP contribution in [0.5, 0.6) is 0 Å². The molecule has 0 fully saturated rings. The monoisotopic (exact) mass is 314 g/mol. The molecule has 3 nitrogen and oxygen atoms in total. The van der Waals surface area contributed by atoms with Gasteiger partial charge < -0.3 is 0 Å². The summed E-state index contributed by atoms with van der Waals surface area (Å²) in [7, 11) is 0. The van der Waals surface area contributed by atoms with E-state index in [0.717, 1.165) is 21.8 Å². The van der Waals surface area contributed by atoms with Gasteiger partial charge in [0.2, 0.25) is 0 Å². The van der Waals surface area contributed by atoms with Gasteiger partial charge in [-0.2, -0.15) is 0 Å². The van der Waals surface area contributed by atoms with Crippen LogP contribution in [0.15, 0.2) is 54.6 Å². The van der Waals surface area contributed by atoms with Crippen molar-refractivity contribution in [1.29, 1.82) is 0 Å². The van der Waals surface area contributed by atoms with E-state index in [2.05, 4.69) is 45.2 Å². The van der Waals surface area contributed by atoms with Crippen LogP contribution < -0.4 is 4.72 Å². The maximum absolute atomic E-state index is 4.55. The van der Waals surface area contributed by atoms with E-state index < -0.39 is 0 Å². The fourth-order valence-corrected chi connectivity index (χ4v) is 2.35. The van der Waals surface area contributed by atoms with E-state index >= 15 is 0 Å². The van der Waals surface area contributed by atoms with Crippen LogP contribution in [-0.4, -0.2) is 30.8 Å². The molecule has 1 heterocycles. The average molecular weight is 313 g/mol. The molecule has 0 aliphatic carbocycles. The zero-order chi connectivity index (χ0) is 13.2. The summed E-state index contributed by atoms with van der Waals surface area (Å²) >= 11 is 2.96. The molecular formula is C15H12N3Se. The Kier molecular flexibility index (Phi) is 3.20. The van der Waals surface area contributed by atoms with Crippen LogP contribution in [0.3, 0.4) is 0 Å². The molecule has 0 bridgehead atoms. The quantitative estimate of drug-likeness (QED) is 0.678. The van der Waals surface area contributed by atoms with Gasteiger partial charge in [-0.3, -0.25) is 0 Å². The van der Waals surface area contributed by atoms with Crippen molar-refractivity contribution >= 4 is 20.7 Å². The van der Waals surface area contributed by atoms with E-state index in [1.807, 2.05) is 47.1 Å². The van der Waals surface area contributed by atoms with Gasteiger partial charge in [0.15, 0.2) is 0 Å². The van der Waals surface area contributed by atoms with Crippen molar-refractivity contribution in [2.24, 2.45) is 0 Å². The van der Waals surface area contributed by atoms with Crippen LogP contribution in [0.2, 0.25) is 0 Å². The fourth-order valence-electron chi connectivity index (χ4n) is 1.86. The number of nitrogens with zero attached hydrogens (tertiary/aromatic N) is 3. The van der Waals surface area contributed by atoms with E-state index in [-0.39, 0.29) is 0 Å². The van der Waals surface area contributed by atoms with Gasteiger partial charge >= 0.3 is 120 Å². The molecular weight excluding hydrogens is 301 g/mol. The Labute approximate surface area is 120 Å². The number of aromatic nitrogens is 3. The number of rotatable bonds is 2. The van der Waals surface area contributed by atoms with Crippen molar-refractivity contribution in [1.82, 2.24) is 14.8 Å². The third kappa shape index (κ3) is 2.46. The molecule has 0 spiro atoms. The van der Waals surface area contributed by atoms with Crippen LogP contribution in [0.4, 0.5) is 0 Å². The molecule has 3 rings (SSSR count). The summed E-state index contributed by atoms with van der Waals surface area (Å²) in [6, 6.07) is 18.2. The zero-order valence-electron chi connectivity index (χ0n) is 10.4. The molecule has 2 aromatic carbocycles. The summed E-state index contributed by atoms with van der Waals surface area (Å²) in [5.74, 6) is 0.734. The first-order valence-electron chi connectivity index (χ1n) is 6.00. The zero-order valence-corrected chi connectivity index (χ0v) is 12.2. The Hall–Kier alpha value is -1.90. The summed E-state index contributed by atoms with van der Waals surface area (Å²) in [4.78, 5) is 4.48. The van der Waals surface area contributed by atoms with Crippen molar-refractivity contribution in [3.8, 4) is 17.1 Å². The van der Waals surface area contributed by atoms with Crippen LogP contribution in [0.25, 0.3) is 17.1 Å². The van der Waals surface area contributed by atoms with Gasteiger partial charge in [-0.25, -0.2) is 0 Å². The van der Waals surface area contributed by atoms with Crippen LogP contribution >= 0.6 is 0 Å². The fraction of sp³-hybridized carbons (Fsp3) is 0.0667. The van der Waals surface area contributed by atoms with Gasteiger partial charge in [-0.1, -0.05) is 0 Å². The summed E-state index contributed by atoms with van der Waals surface area (Å²) in [5, 5.41) is 4.55. The molecule has 0 amide bonds. The second kappa shape index (κ2) is 5.00. The Morgan fingerprint density at radius 3 is 2.32 bits per heavy atom. The van der Waals surface area contributed by atoms with Crippen LogP contribution in [-0.2, 0) is 0 Å². The molecule has 0 aliphatic heterocycles. The number of para-hydroxylation sites is 1. The first-order chi connectivity index (χ1) is 9.24. The first kappa shape index (κ1) is 12.1. The van der Waals surface area contributed by atoms with Gasteiger partial charge in [0.05, 0.1) is 0 Å². The third-order valence-corrected chi connectivity index (χ3v) is 3.44. The van der Waals surface area contributed by atoms with Crippen molar-refractivity contribution in [2.75, 3.05) is 0 Å². The molecule has 0 aliphatic rings. The molecule has 0 N–H and O–H groups in total. The number of hydrogen-bond donors (Lipinski definition) is 0. The van der Waals surface area contributed by atoms with Crippen molar-refractivity contribution in [3.05, 3.63) is 60.2 Å². The Morgan fingerprint density at radius 2 is 1.63 bits per heavy atom. The summed E-state index contributed by atoms with van der Waals surface area (Å²) in [6.07, 6.45) is 0. The van der Waals surface area contributed by atoms with Crippen molar-refractivity contribution < 1.29 is 0 Å². The first-order valence-corrected chi connectivity index (χ1v) is 6.86. The van der Waals surface area contributed by atoms with E-state index in [1.165, 1.54) is 5.56 Å². The molecule has 0 unspecified atom stereocenters. The minimum absolute atomic E-state index is 0.734. The average Bonchev–Trinajstić information content (AvgIpc) is 2.83. The number of benzene rings is 2. The van der Waals surface area contributed by atoms with Crippen LogP contribution in [0, 0.1) is 6.92 Å². The molecule has 0 atom stereocenters. The molecule has 1 radical (unpaired) electrons. The number of hydrogen-bond acceptors (Lipinski definition) is 2. The molecule has 3 aromatic rings. The SMILES string of the molecule is Cc1ccc(-c2nc([Se])n(-c3ccccc3)n2)cc1. The van der Waals surface area contributed by atoms with Crippen molar-refractivity contribution in [3.63, 3.8) is 0 Å². The minimum atomic E-state index is 0.734. The third-order valence-electron chi connectivity index (χ3n) is 2.89. The Morgan fingerprint density at radius 1 is 0.947 bits per heavy atom. The van der Waals surface area contributed by atoms with Gasteiger partial charge in [0.25, 0.3) is 0 Å². The van der Waals surface area contributed by atoms with E-state index in [9.17, 15) is 0 Å². The molecule has 0 saturated heterocycles. The van der Waals surface area contributed by atoms with Gasteiger partial charge in [-0.15, -0.1) is 0 Å². The van der Waals surface area contributed by atoms with E-state index in [1.54, 1.807) is 0 Å². The second-order valence-corrected chi connectivity index (χ2v) is 5.10. The topological polar surface area (TPSA) is 30.7 Å². The van der Waals surface area contributed by atoms with Gasteiger partial charge in [0.1, 0.15) is 0 Å². The number of aryl methyl sites for hydroxylation is 1. The summed E-state index contributed by atoms with van der Waals surface area (Å²) in [6.45, 7) is 2.07. The molecule has 0 saturated carbocycles. The normalized spacial score (nSPS) is 10.6. The maximum atomic E-state index is 4.55. The molecule has 4 heteroatoms. The molecule has 1 aromatic heterocycles. The summed E-state index contributed by atoms with van der Waals surface area (Å²) in [5.41, 5.74) is 3.26. The predicted molar refractivity (Wildman–Crippen MR) is 76.9 cm³/mol. The van der Waals surface area contributed by atoms with E-state index in [4.69, 9.17) is 0 Å². The summed E-state index contributed by atoms with van der Waals surface area (Å²) < 4.78 is 2.58. The van der Waals surface area contributed by atoms with Crippen molar-refractivity contribution in [2.45, 2.75) is 6.92 Å². The van der Waals surface area contributed by atoms with E-state index in [0.29, 0.717) is 0 Å². The van der Waals surface area contributed by atoms with Gasteiger partial charge in [0, 0.05) is 0 Å². The Balaban J connectivity index is 2.04. The predicted octanol–water partition coefficient (Wildman–Crippen LogP) is 2.04.